The van der Waals surface area contributed by atoms with Crippen molar-refractivity contribution in [3.05, 3.63) is 82.7 Å². The molecule has 2 aromatic carbocycles. The van der Waals surface area contributed by atoms with Crippen LogP contribution in [0.5, 0.6) is 0 Å². The van der Waals surface area contributed by atoms with Crippen LogP contribution in [-0.2, 0) is 11.3 Å². The number of benzene rings is 2. The van der Waals surface area contributed by atoms with E-state index in [-0.39, 0.29) is 17.6 Å². The largest absolute Gasteiger partial charge is 0.342 e. The van der Waals surface area contributed by atoms with Crippen molar-refractivity contribution in [2.45, 2.75) is 38.5 Å². The summed E-state index contributed by atoms with van der Waals surface area (Å²) in [4.78, 5) is 25.1. The van der Waals surface area contributed by atoms with Crippen LogP contribution in [0.4, 0.5) is 5.69 Å². The average Bonchev–Trinajstić information content (AvgIpc) is 3.19. The maximum Gasteiger partial charge on any atom is 0.251 e. The van der Waals surface area contributed by atoms with Crippen LogP contribution in [0.1, 0.15) is 40.3 Å². The summed E-state index contributed by atoms with van der Waals surface area (Å²) >= 11 is 7.18. The Balaban J connectivity index is 1.67. The minimum atomic E-state index is -0.404. The molecule has 0 saturated carbocycles. The quantitative estimate of drug-likeness (QED) is 0.332. The van der Waals surface area contributed by atoms with Gasteiger partial charge in [-0.1, -0.05) is 41.6 Å². The lowest BCUT2D eigenvalue weighted by atomic mass is 10.1. The van der Waals surface area contributed by atoms with Crippen molar-refractivity contribution in [1.82, 2.24) is 20.1 Å². The molecule has 0 aliphatic rings. The third kappa shape index (κ3) is 6.24. The molecule has 2 amide bonds. The van der Waals surface area contributed by atoms with Crippen LogP contribution >= 0.6 is 23.4 Å². The highest BCUT2D eigenvalue weighted by Gasteiger charge is 2.20. The highest BCUT2D eigenvalue weighted by Crippen LogP contribution is 2.23. The van der Waals surface area contributed by atoms with E-state index in [1.165, 1.54) is 11.8 Å². The molecule has 3 rings (SSSR count). The standard InChI is InChI=1S/C24H26ClN5O2S/c1-5-13-30-22(17(4)26-23(32)18-9-11-19(25)12-10-18)28-29-24(30)33-14-21(31)27-20-8-6-7-15(2)16(20)3/h5-12,17H,1,13-14H2,2-4H3,(H,26,32)(H,27,31)/t17-/m1/s1. The van der Waals surface area contributed by atoms with Crippen LogP contribution in [-0.4, -0.2) is 32.3 Å². The third-order valence-corrected chi connectivity index (χ3v) is 6.33. The summed E-state index contributed by atoms with van der Waals surface area (Å²) in [5.74, 6) is 0.380. The topological polar surface area (TPSA) is 88.9 Å². The Kier molecular flexibility index (Phi) is 8.30. The molecule has 3 aromatic rings. The molecule has 9 heteroatoms. The van der Waals surface area contributed by atoms with Gasteiger partial charge in [-0.05, 0) is 62.2 Å². The summed E-state index contributed by atoms with van der Waals surface area (Å²) in [7, 11) is 0. The molecule has 0 radical (unpaired) electrons. The molecule has 0 bridgehead atoms. The number of aromatic nitrogens is 3. The van der Waals surface area contributed by atoms with Crippen LogP contribution in [0, 0.1) is 13.8 Å². The number of hydrogen-bond donors (Lipinski definition) is 2. The number of rotatable bonds is 9. The molecule has 0 aliphatic heterocycles. The van der Waals surface area contributed by atoms with Crippen molar-refractivity contribution < 1.29 is 9.59 Å². The molecule has 33 heavy (non-hydrogen) atoms. The second-order valence-electron chi connectivity index (χ2n) is 7.53. The lowest BCUT2D eigenvalue weighted by molar-refractivity contribution is -0.113. The van der Waals surface area contributed by atoms with Crippen molar-refractivity contribution in [3.63, 3.8) is 0 Å². The van der Waals surface area contributed by atoms with E-state index in [2.05, 4.69) is 27.4 Å². The van der Waals surface area contributed by atoms with Gasteiger partial charge in [-0.3, -0.25) is 9.59 Å². The molecular weight excluding hydrogens is 458 g/mol. The fourth-order valence-electron chi connectivity index (χ4n) is 3.18. The second kappa shape index (κ2) is 11.2. The first-order valence-electron chi connectivity index (χ1n) is 10.4. The zero-order valence-corrected chi connectivity index (χ0v) is 20.3. The number of carbonyl (C=O) groups excluding carboxylic acids is 2. The molecule has 172 valence electrons. The maximum absolute atomic E-state index is 12.6. The summed E-state index contributed by atoms with van der Waals surface area (Å²) in [6, 6.07) is 12.1. The van der Waals surface area contributed by atoms with Gasteiger partial charge in [0.2, 0.25) is 5.91 Å². The number of amides is 2. The van der Waals surface area contributed by atoms with Gasteiger partial charge >= 0.3 is 0 Å². The number of aryl methyl sites for hydroxylation is 1. The van der Waals surface area contributed by atoms with Gasteiger partial charge in [0.15, 0.2) is 11.0 Å². The number of nitrogens with one attached hydrogen (secondary N) is 2. The minimum absolute atomic E-state index is 0.132. The maximum atomic E-state index is 12.6. The van der Waals surface area contributed by atoms with Crippen LogP contribution in [0.2, 0.25) is 5.02 Å². The summed E-state index contributed by atoms with van der Waals surface area (Å²) < 4.78 is 1.84. The highest BCUT2D eigenvalue weighted by molar-refractivity contribution is 7.99. The summed E-state index contributed by atoms with van der Waals surface area (Å²) in [5.41, 5.74) is 3.45. The summed E-state index contributed by atoms with van der Waals surface area (Å²) in [6.07, 6.45) is 1.72. The van der Waals surface area contributed by atoms with E-state index >= 15 is 0 Å². The van der Waals surface area contributed by atoms with Crippen molar-refractivity contribution in [2.24, 2.45) is 0 Å². The Bertz CT molecular complexity index is 1160. The fourth-order valence-corrected chi connectivity index (χ4v) is 4.06. The number of anilines is 1. The first-order valence-corrected chi connectivity index (χ1v) is 11.8. The van der Waals surface area contributed by atoms with E-state index in [4.69, 9.17) is 11.6 Å². The predicted molar refractivity (Wildman–Crippen MR) is 133 cm³/mol. The Morgan fingerprint density at radius 2 is 1.91 bits per heavy atom. The molecule has 1 aromatic heterocycles. The predicted octanol–water partition coefficient (Wildman–Crippen LogP) is 4.96. The van der Waals surface area contributed by atoms with E-state index in [0.717, 1.165) is 16.8 Å². The van der Waals surface area contributed by atoms with Crippen LogP contribution in [0.25, 0.3) is 0 Å². The van der Waals surface area contributed by atoms with Crippen LogP contribution in [0.3, 0.4) is 0 Å². The van der Waals surface area contributed by atoms with Gasteiger partial charge in [0.1, 0.15) is 0 Å². The number of carbonyl (C=O) groups is 2. The van der Waals surface area contributed by atoms with Crippen molar-refractivity contribution in [1.29, 1.82) is 0 Å². The van der Waals surface area contributed by atoms with E-state index in [0.29, 0.717) is 28.1 Å². The lowest BCUT2D eigenvalue weighted by Gasteiger charge is -2.15. The molecule has 0 saturated heterocycles. The van der Waals surface area contributed by atoms with Crippen molar-refractivity contribution >= 4 is 40.9 Å². The number of halogens is 1. The number of thioether (sulfide) groups is 1. The van der Waals surface area contributed by atoms with Crippen molar-refractivity contribution in [2.75, 3.05) is 11.1 Å². The van der Waals surface area contributed by atoms with E-state index in [1.54, 1.807) is 30.3 Å². The number of hydrogen-bond acceptors (Lipinski definition) is 5. The average molecular weight is 484 g/mol. The summed E-state index contributed by atoms with van der Waals surface area (Å²) in [5, 5.41) is 15.5. The molecular formula is C24H26ClN5O2S. The third-order valence-electron chi connectivity index (χ3n) is 5.11. The van der Waals surface area contributed by atoms with E-state index in [9.17, 15) is 9.59 Å². The zero-order valence-electron chi connectivity index (χ0n) is 18.8. The molecule has 2 N–H and O–H groups in total. The molecule has 0 unspecified atom stereocenters. The Morgan fingerprint density at radius 1 is 1.18 bits per heavy atom. The molecule has 1 atom stereocenters. The Hall–Kier alpha value is -3.10. The Morgan fingerprint density at radius 3 is 2.61 bits per heavy atom. The van der Waals surface area contributed by atoms with E-state index < -0.39 is 6.04 Å². The first kappa shape index (κ1) is 24.5. The smallest absolute Gasteiger partial charge is 0.251 e. The normalized spacial score (nSPS) is 11.6. The van der Waals surface area contributed by atoms with E-state index in [1.807, 2.05) is 43.5 Å². The van der Waals surface area contributed by atoms with Crippen molar-refractivity contribution in [3.8, 4) is 0 Å². The molecule has 0 aliphatic carbocycles. The van der Waals surface area contributed by atoms with Gasteiger partial charge in [0.25, 0.3) is 5.91 Å². The number of allylic oxidation sites excluding steroid dienone is 1. The minimum Gasteiger partial charge on any atom is -0.342 e. The first-order chi connectivity index (χ1) is 15.8. The highest BCUT2D eigenvalue weighted by atomic mass is 35.5. The SMILES string of the molecule is C=CCn1c(SCC(=O)Nc2cccc(C)c2C)nnc1[C@@H](C)NC(=O)c1ccc(Cl)cc1. The van der Waals surface area contributed by atoms with Gasteiger partial charge < -0.3 is 15.2 Å². The van der Waals surface area contributed by atoms with Gasteiger partial charge in [0, 0.05) is 22.8 Å². The lowest BCUT2D eigenvalue weighted by Crippen LogP contribution is -2.28. The summed E-state index contributed by atoms with van der Waals surface area (Å²) in [6.45, 7) is 10.1. The zero-order chi connectivity index (χ0) is 24.0. The molecule has 0 spiro atoms. The fraction of sp³-hybridized carbons (Fsp3) is 0.250. The molecule has 1 heterocycles. The van der Waals surface area contributed by atoms with Gasteiger partial charge in [-0.25, -0.2) is 0 Å². The van der Waals surface area contributed by atoms with Gasteiger partial charge in [-0.2, -0.15) is 0 Å². The Labute approximate surface area is 202 Å². The van der Waals surface area contributed by atoms with Gasteiger partial charge in [-0.15, -0.1) is 16.8 Å². The second-order valence-corrected chi connectivity index (χ2v) is 8.91. The monoisotopic (exact) mass is 483 g/mol. The van der Waals surface area contributed by atoms with Gasteiger partial charge in [0.05, 0.1) is 11.8 Å². The van der Waals surface area contributed by atoms with Crippen LogP contribution < -0.4 is 10.6 Å². The van der Waals surface area contributed by atoms with Crippen LogP contribution in [0.15, 0.2) is 60.3 Å². The number of nitrogens with zero attached hydrogens (tertiary/aromatic N) is 3. The molecule has 0 fully saturated rings. The molecule has 7 nitrogen and oxygen atoms in total.